The van der Waals surface area contributed by atoms with Gasteiger partial charge < -0.3 is 9.84 Å². The highest BCUT2D eigenvalue weighted by Crippen LogP contribution is 2.27. The van der Waals surface area contributed by atoms with Crippen molar-refractivity contribution in [2.45, 2.75) is 39.2 Å². The molecule has 2 rings (SSSR count). The smallest absolute Gasteiger partial charge is 0.335 e. The van der Waals surface area contributed by atoms with Gasteiger partial charge in [-0.05, 0) is 36.1 Å². The molecule has 0 aliphatic heterocycles. The van der Waals surface area contributed by atoms with Crippen molar-refractivity contribution in [2.75, 3.05) is 0 Å². The topological polar surface area (TPSA) is 63.6 Å². The molecule has 0 heterocycles. The first kappa shape index (κ1) is 17.7. The van der Waals surface area contributed by atoms with Crippen molar-refractivity contribution in [1.82, 2.24) is 0 Å². The van der Waals surface area contributed by atoms with E-state index in [2.05, 4.69) is 6.92 Å². The maximum atomic E-state index is 11.6. The van der Waals surface area contributed by atoms with Gasteiger partial charge >= 0.3 is 5.97 Å². The monoisotopic (exact) mass is 326 g/mol. The van der Waals surface area contributed by atoms with E-state index in [-0.39, 0.29) is 5.56 Å². The molecule has 2 aromatic carbocycles. The quantitative estimate of drug-likeness (QED) is 0.544. The molecule has 24 heavy (non-hydrogen) atoms. The van der Waals surface area contributed by atoms with Gasteiger partial charge in [0.15, 0.2) is 6.29 Å². The van der Waals surface area contributed by atoms with Crippen LogP contribution in [0.15, 0.2) is 42.5 Å². The van der Waals surface area contributed by atoms with E-state index in [1.54, 1.807) is 6.07 Å². The Morgan fingerprint density at radius 2 is 1.88 bits per heavy atom. The maximum Gasteiger partial charge on any atom is 0.335 e. The third-order valence-corrected chi connectivity index (χ3v) is 3.93. The zero-order valence-electron chi connectivity index (χ0n) is 13.8. The van der Waals surface area contributed by atoms with Gasteiger partial charge in [0.2, 0.25) is 0 Å². The third-order valence-electron chi connectivity index (χ3n) is 3.93. The highest BCUT2D eigenvalue weighted by atomic mass is 16.5. The Kier molecular flexibility index (Phi) is 6.55. The molecule has 4 heteroatoms. The van der Waals surface area contributed by atoms with Crippen molar-refractivity contribution in [2.24, 2.45) is 0 Å². The summed E-state index contributed by atoms with van der Waals surface area (Å²) in [6.45, 7) is 2.42. The Balaban J connectivity index is 2.28. The number of unbranched alkanes of at least 4 members (excludes halogenated alkanes) is 2. The second kappa shape index (κ2) is 8.87. The van der Waals surface area contributed by atoms with Crippen molar-refractivity contribution in [3.63, 3.8) is 0 Å². The zero-order valence-corrected chi connectivity index (χ0v) is 13.8. The maximum absolute atomic E-state index is 11.6. The van der Waals surface area contributed by atoms with Gasteiger partial charge in [0.25, 0.3) is 0 Å². The molecule has 4 nitrogen and oxygen atoms in total. The molecule has 0 aromatic heterocycles. The summed E-state index contributed by atoms with van der Waals surface area (Å²) in [5, 5.41) is 9.38. The Labute approximate surface area is 142 Å². The number of carboxylic acids is 1. The minimum atomic E-state index is -1.01. The highest BCUT2D eigenvalue weighted by molar-refractivity contribution is 5.94. The lowest BCUT2D eigenvalue weighted by Crippen LogP contribution is -2.08. The number of aromatic carboxylic acids is 1. The van der Waals surface area contributed by atoms with Crippen LogP contribution >= 0.6 is 0 Å². The summed E-state index contributed by atoms with van der Waals surface area (Å²) in [5.41, 5.74) is 2.09. The van der Waals surface area contributed by atoms with Crippen molar-refractivity contribution >= 4 is 12.3 Å². The van der Waals surface area contributed by atoms with E-state index in [0.717, 1.165) is 24.8 Å². The van der Waals surface area contributed by atoms with E-state index >= 15 is 0 Å². The van der Waals surface area contributed by atoms with Crippen LogP contribution in [0, 0.1) is 0 Å². The number of hydrogen-bond acceptors (Lipinski definition) is 3. The number of ether oxygens (including phenoxy) is 1. The molecule has 0 atom stereocenters. The summed E-state index contributed by atoms with van der Waals surface area (Å²) in [6, 6.07) is 12.7. The fraction of sp³-hybridized carbons (Fsp3) is 0.300. The Hall–Kier alpha value is -2.62. The standard InChI is InChI=1S/C20H22O4/c1-2-3-5-10-16-17(20(22)23)11-12-19(18(16)13-21)24-14-15-8-6-4-7-9-15/h4,6-9,11-13H,2-3,5,10,14H2,1H3,(H,22,23). The van der Waals surface area contributed by atoms with Gasteiger partial charge in [-0.2, -0.15) is 0 Å². The first-order valence-electron chi connectivity index (χ1n) is 8.18. The summed E-state index contributed by atoms with van der Waals surface area (Å²) in [7, 11) is 0. The van der Waals surface area contributed by atoms with E-state index in [1.807, 2.05) is 30.3 Å². The number of benzene rings is 2. The minimum Gasteiger partial charge on any atom is -0.488 e. The highest BCUT2D eigenvalue weighted by Gasteiger charge is 2.18. The first-order chi connectivity index (χ1) is 11.7. The normalized spacial score (nSPS) is 10.4. The SMILES string of the molecule is CCCCCc1c(C(=O)O)ccc(OCc2ccccc2)c1C=O. The van der Waals surface area contributed by atoms with Crippen LogP contribution in [0.5, 0.6) is 5.75 Å². The summed E-state index contributed by atoms with van der Waals surface area (Å²) in [6.07, 6.45) is 4.13. The fourth-order valence-electron chi connectivity index (χ4n) is 2.66. The number of rotatable bonds is 9. The van der Waals surface area contributed by atoms with E-state index in [0.29, 0.717) is 36.2 Å². The number of hydrogen-bond donors (Lipinski definition) is 1. The van der Waals surface area contributed by atoms with Gasteiger partial charge in [-0.25, -0.2) is 4.79 Å². The van der Waals surface area contributed by atoms with Gasteiger partial charge in [0, 0.05) is 0 Å². The molecule has 1 N–H and O–H groups in total. The average Bonchev–Trinajstić information content (AvgIpc) is 2.60. The van der Waals surface area contributed by atoms with Gasteiger partial charge in [-0.3, -0.25) is 4.79 Å². The minimum absolute atomic E-state index is 0.181. The molecule has 0 aliphatic carbocycles. The number of aldehydes is 1. The van der Waals surface area contributed by atoms with Gasteiger partial charge in [0.05, 0.1) is 11.1 Å². The molecule has 0 bridgehead atoms. The predicted octanol–water partition coefficient (Wildman–Crippen LogP) is 4.51. The largest absolute Gasteiger partial charge is 0.488 e. The second-order valence-corrected chi connectivity index (χ2v) is 5.66. The van der Waals surface area contributed by atoms with Crippen LogP contribution < -0.4 is 4.74 Å². The first-order valence-corrected chi connectivity index (χ1v) is 8.18. The zero-order chi connectivity index (χ0) is 17.4. The predicted molar refractivity (Wildman–Crippen MR) is 92.8 cm³/mol. The van der Waals surface area contributed by atoms with E-state index < -0.39 is 5.97 Å². The number of carbonyl (C=O) groups excluding carboxylic acids is 1. The lowest BCUT2D eigenvalue weighted by Gasteiger charge is -2.14. The van der Waals surface area contributed by atoms with Crippen LogP contribution in [-0.4, -0.2) is 17.4 Å². The van der Waals surface area contributed by atoms with E-state index in [1.165, 1.54) is 6.07 Å². The van der Waals surface area contributed by atoms with Gasteiger partial charge in [-0.15, -0.1) is 0 Å². The summed E-state index contributed by atoms with van der Waals surface area (Å²) in [4.78, 5) is 23.1. The fourth-order valence-corrected chi connectivity index (χ4v) is 2.66. The van der Waals surface area contributed by atoms with Crippen LogP contribution in [-0.2, 0) is 13.0 Å². The molecule has 2 aromatic rings. The summed E-state index contributed by atoms with van der Waals surface area (Å²) < 4.78 is 5.77. The molecule has 0 fully saturated rings. The molecule has 0 saturated heterocycles. The molecule has 0 spiro atoms. The van der Waals surface area contributed by atoms with Crippen molar-refractivity contribution in [3.8, 4) is 5.75 Å². The molecule has 0 amide bonds. The molecule has 0 radical (unpaired) electrons. The van der Waals surface area contributed by atoms with Crippen molar-refractivity contribution < 1.29 is 19.4 Å². The summed E-state index contributed by atoms with van der Waals surface area (Å²) in [5.74, 6) is -0.579. The van der Waals surface area contributed by atoms with Crippen LogP contribution in [0.2, 0.25) is 0 Å². The van der Waals surface area contributed by atoms with Crippen molar-refractivity contribution in [1.29, 1.82) is 0 Å². The van der Waals surface area contributed by atoms with Crippen LogP contribution in [0.1, 0.15) is 58.0 Å². The molecule has 0 unspecified atom stereocenters. The molecule has 0 aliphatic rings. The van der Waals surface area contributed by atoms with Gasteiger partial charge in [-0.1, -0.05) is 50.1 Å². The van der Waals surface area contributed by atoms with Crippen LogP contribution in [0.3, 0.4) is 0 Å². The van der Waals surface area contributed by atoms with Gasteiger partial charge in [0.1, 0.15) is 12.4 Å². The third kappa shape index (κ3) is 4.44. The van der Waals surface area contributed by atoms with Crippen LogP contribution in [0.25, 0.3) is 0 Å². The Bertz CT molecular complexity index is 692. The molecular formula is C20H22O4. The molecule has 126 valence electrons. The number of carboxylic acid groups (broad SMARTS) is 1. The summed E-state index contributed by atoms with van der Waals surface area (Å²) >= 11 is 0. The van der Waals surface area contributed by atoms with E-state index in [4.69, 9.17) is 4.74 Å². The Morgan fingerprint density at radius 3 is 2.50 bits per heavy atom. The Morgan fingerprint density at radius 1 is 1.12 bits per heavy atom. The van der Waals surface area contributed by atoms with Crippen molar-refractivity contribution in [3.05, 3.63) is 64.7 Å². The second-order valence-electron chi connectivity index (χ2n) is 5.66. The lowest BCUT2D eigenvalue weighted by molar-refractivity contribution is 0.0695. The lowest BCUT2D eigenvalue weighted by atomic mass is 9.95. The van der Waals surface area contributed by atoms with E-state index in [9.17, 15) is 14.7 Å². The molecule has 0 saturated carbocycles. The van der Waals surface area contributed by atoms with Crippen LogP contribution in [0.4, 0.5) is 0 Å². The molecular weight excluding hydrogens is 304 g/mol. The average molecular weight is 326 g/mol. The number of carbonyl (C=O) groups is 2.